The Morgan fingerprint density at radius 1 is 1.17 bits per heavy atom. The molecule has 0 radical (unpaired) electrons. The first-order valence-electron chi connectivity index (χ1n) is 6.21. The van der Waals surface area contributed by atoms with Crippen LogP contribution in [0.15, 0.2) is 24.3 Å². The summed E-state index contributed by atoms with van der Waals surface area (Å²) in [5.74, 6) is 0.214. The first-order valence-corrected chi connectivity index (χ1v) is 6.21. The monoisotopic (exact) mass is 256 g/mol. The Hall–Kier alpha value is -1.20. The lowest BCUT2D eigenvalue weighted by Crippen LogP contribution is -2.27. The molecule has 0 amide bonds. The highest BCUT2D eigenvalue weighted by Crippen LogP contribution is 2.16. The second-order valence-electron chi connectivity index (χ2n) is 4.40. The average molecular weight is 256 g/mol. The number of halogens is 2. The van der Waals surface area contributed by atoms with E-state index in [4.69, 9.17) is 0 Å². The molecule has 100 valence electrons. The zero-order valence-electron chi connectivity index (χ0n) is 10.2. The molecule has 1 aromatic carbocycles. The molecule has 0 saturated carbocycles. The van der Waals surface area contributed by atoms with Crippen LogP contribution in [0.2, 0.25) is 0 Å². The predicted octanol–water partition coefficient (Wildman–Crippen LogP) is 2.08. The van der Waals surface area contributed by atoms with Crippen LogP contribution in [-0.2, 0) is 6.54 Å². The van der Waals surface area contributed by atoms with Crippen molar-refractivity contribution in [2.75, 3.05) is 26.2 Å². The third-order valence-corrected chi connectivity index (χ3v) is 2.99. The molecule has 3 nitrogen and oxygen atoms in total. The van der Waals surface area contributed by atoms with Gasteiger partial charge in [0.15, 0.2) is 0 Å². The van der Waals surface area contributed by atoms with Crippen LogP contribution in [0.1, 0.15) is 12.0 Å². The van der Waals surface area contributed by atoms with Gasteiger partial charge in [0.25, 0.3) is 0 Å². The molecule has 1 heterocycles. The van der Waals surface area contributed by atoms with Gasteiger partial charge < -0.3 is 10.1 Å². The molecule has 0 aromatic heterocycles. The maximum absolute atomic E-state index is 12.0. The number of nitrogens with zero attached hydrogens (tertiary/aromatic N) is 1. The van der Waals surface area contributed by atoms with E-state index in [1.807, 2.05) is 12.1 Å². The first-order chi connectivity index (χ1) is 8.74. The lowest BCUT2D eigenvalue weighted by atomic mass is 10.2. The van der Waals surface area contributed by atoms with Crippen molar-refractivity contribution < 1.29 is 13.5 Å². The van der Waals surface area contributed by atoms with Gasteiger partial charge in [0.05, 0.1) is 0 Å². The van der Waals surface area contributed by atoms with Crippen molar-refractivity contribution in [2.45, 2.75) is 19.6 Å². The van der Waals surface area contributed by atoms with Crippen molar-refractivity contribution in [2.24, 2.45) is 0 Å². The topological polar surface area (TPSA) is 24.5 Å². The summed E-state index contributed by atoms with van der Waals surface area (Å²) in [6.45, 7) is 2.27. The average Bonchev–Trinajstić information content (AvgIpc) is 2.60. The zero-order valence-corrected chi connectivity index (χ0v) is 10.2. The smallest absolute Gasteiger partial charge is 0.387 e. The largest absolute Gasteiger partial charge is 0.435 e. The number of ether oxygens (including phenoxy) is 1. The summed E-state index contributed by atoms with van der Waals surface area (Å²) in [7, 11) is 0. The van der Waals surface area contributed by atoms with E-state index >= 15 is 0 Å². The standard InChI is InChI=1S/C13H18F2N2O/c14-13(15)18-12-4-2-11(3-5-12)10-17-8-1-6-16-7-9-17/h2-5,13,16H,1,6-10H2. The summed E-state index contributed by atoms with van der Waals surface area (Å²) in [5.41, 5.74) is 1.12. The molecule has 0 unspecified atom stereocenters. The number of rotatable bonds is 4. The molecule has 5 heteroatoms. The van der Waals surface area contributed by atoms with Gasteiger partial charge in [0.2, 0.25) is 0 Å². The molecule has 1 N–H and O–H groups in total. The van der Waals surface area contributed by atoms with Gasteiger partial charge in [-0.15, -0.1) is 0 Å². The van der Waals surface area contributed by atoms with E-state index in [1.165, 1.54) is 0 Å². The van der Waals surface area contributed by atoms with Gasteiger partial charge in [-0.2, -0.15) is 8.78 Å². The minimum atomic E-state index is -2.76. The number of alkyl halides is 2. The van der Waals surface area contributed by atoms with E-state index in [-0.39, 0.29) is 5.75 Å². The molecule has 0 aliphatic carbocycles. The maximum atomic E-state index is 12.0. The number of benzene rings is 1. The van der Waals surface area contributed by atoms with Crippen LogP contribution in [0.5, 0.6) is 5.75 Å². The van der Waals surface area contributed by atoms with Gasteiger partial charge in [-0.1, -0.05) is 12.1 Å². The maximum Gasteiger partial charge on any atom is 0.387 e. The fraction of sp³-hybridized carbons (Fsp3) is 0.538. The molecule has 1 aromatic rings. The van der Waals surface area contributed by atoms with E-state index < -0.39 is 6.61 Å². The van der Waals surface area contributed by atoms with Crippen molar-refractivity contribution in [3.05, 3.63) is 29.8 Å². The molecule has 1 aliphatic rings. The van der Waals surface area contributed by atoms with Gasteiger partial charge in [-0.3, -0.25) is 4.90 Å². The van der Waals surface area contributed by atoms with Gasteiger partial charge >= 0.3 is 6.61 Å². The molecule has 1 fully saturated rings. The van der Waals surface area contributed by atoms with Crippen LogP contribution in [0.3, 0.4) is 0 Å². The second-order valence-corrected chi connectivity index (χ2v) is 4.40. The molecule has 0 bridgehead atoms. The van der Waals surface area contributed by atoms with Gasteiger partial charge in [0.1, 0.15) is 5.75 Å². The molecule has 1 aliphatic heterocycles. The fourth-order valence-electron chi connectivity index (χ4n) is 2.09. The van der Waals surface area contributed by atoms with Crippen molar-refractivity contribution in [1.29, 1.82) is 0 Å². The second kappa shape index (κ2) is 6.66. The quantitative estimate of drug-likeness (QED) is 0.892. The lowest BCUT2D eigenvalue weighted by Gasteiger charge is -2.19. The minimum absolute atomic E-state index is 0.214. The lowest BCUT2D eigenvalue weighted by molar-refractivity contribution is -0.0498. The fourth-order valence-corrected chi connectivity index (χ4v) is 2.09. The number of hydrogen-bond acceptors (Lipinski definition) is 3. The first kappa shape index (κ1) is 13.2. The Labute approximate surface area is 106 Å². The summed E-state index contributed by atoms with van der Waals surface area (Å²) >= 11 is 0. The van der Waals surface area contributed by atoms with Gasteiger partial charge in [-0.25, -0.2) is 0 Å². The highest BCUT2D eigenvalue weighted by atomic mass is 19.3. The third-order valence-electron chi connectivity index (χ3n) is 2.99. The van der Waals surface area contributed by atoms with Crippen LogP contribution in [-0.4, -0.2) is 37.7 Å². The molecule has 1 saturated heterocycles. The van der Waals surface area contributed by atoms with Crippen LogP contribution in [0.4, 0.5) is 8.78 Å². The minimum Gasteiger partial charge on any atom is -0.435 e. The summed E-state index contributed by atoms with van der Waals surface area (Å²) in [6, 6.07) is 6.88. The van der Waals surface area contributed by atoms with Crippen LogP contribution >= 0.6 is 0 Å². The zero-order chi connectivity index (χ0) is 12.8. The summed E-state index contributed by atoms with van der Waals surface area (Å²) < 4.78 is 28.3. The van der Waals surface area contributed by atoms with Gasteiger partial charge in [-0.05, 0) is 37.2 Å². The van der Waals surface area contributed by atoms with E-state index in [2.05, 4.69) is 15.0 Å². The Balaban J connectivity index is 1.88. The van der Waals surface area contributed by atoms with Crippen LogP contribution < -0.4 is 10.1 Å². The Morgan fingerprint density at radius 2 is 1.94 bits per heavy atom. The van der Waals surface area contributed by atoms with Crippen molar-refractivity contribution in [1.82, 2.24) is 10.2 Å². The van der Waals surface area contributed by atoms with E-state index in [0.717, 1.165) is 44.7 Å². The molecular formula is C13H18F2N2O. The van der Waals surface area contributed by atoms with Crippen molar-refractivity contribution in [3.8, 4) is 5.75 Å². The van der Waals surface area contributed by atoms with E-state index in [0.29, 0.717) is 0 Å². The Kier molecular flexibility index (Phi) is 4.90. The van der Waals surface area contributed by atoms with Crippen molar-refractivity contribution >= 4 is 0 Å². The molecule has 0 atom stereocenters. The highest BCUT2D eigenvalue weighted by Gasteiger charge is 2.09. The number of hydrogen-bond donors (Lipinski definition) is 1. The normalized spacial score (nSPS) is 17.7. The molecule has 0 spiro atoms. The summed E-state index contributed by atoms with van der Waals surface area (Å²) in [4.78, 5) is 2.36. The third kappa shape index (κ3) is 4.23. The van der Waals surface area contributed by atoms with Crippen LogP contribution in [0, 0.1) is 0 Å². The molecular weight excluding hydrogens is 238 g/mol. The van der Waals surface area contributed by atoms with E-state index in [1.54, 1.807) is 12.1 Å². The summed E-state index contributed by atoms with van der Waals surface area (Å²) in [6.07, 6.45) is 1.15. The predicted molar refractivity (Wildman–Crippen MR) is 65.8 cm³/mol. The van der Waals surface area contributed by atoms with Gasteiger partial charge in [0, 0.05) is 19.6 Å². The highest BCUT2D eigenvalue weighted by molar-refractivity contribution is 5.27. The van der Waals surface area contributed by atoms with Crippen molar-refractivity contribution in [3.63, 3.8) is 0 Å². The Bertz CT molecular complexity index is 349. The number of nitrogens with one attached hydrogen (secondary N) is 1. The SMILES string of the molecule is FC(F)Oc1ccc(CN2CCCNCC2)cc1. The molecule has 18 heavy (non-hydrogen) atoms. The van der Waals surface area contributed by atoms with Crippen LogP contribution in [0.25, 0.3) is 0 Å². The summed E-state index contributed by atoms with van der Waals surface area (Å²) in [5, 5.41) is 3.35. The Morgan fingerprint density at radius 3 is 2.67 bits per heavy atom. The molecule has 2 rings (SSSR count). The van der Waals surface area contributed by atoms with E-state index in [9.17, 15) is 8.78 Å².